The first kappa shape index (κ1) is 21.6. The molecule has 0 aromatic carbocycles. The van der Waals surface area contributed by atoms with E-state index in [0.717, 1.165) is 37.4 Å². The topological polar surface area (TPSA) is 103 Å². The van der Waals surface area contributed by atoms with E-state index >= 15 is 0 Å². The van der Waals surface area contributed by atoms with Gasteiger partial charge in [-0.25, -0.2) is 4.98 Å². The lowest BCUT2D eigenvalue weighted by molar-refractivity contribution is -0.0507. The normalized spacial score (nSPS) is 14.7. The third kappa shape index (κ3) is 4.83. The van der Waals surface area contributed by atoms with Crippen molar-refractivity contribution in [3.8, 4) is 5.75 Å². The number of amides is 1. The van der Waals surface area contributed by atoms with Gasteiger partial charge in [0, 0.05) is 52.0 Å². The van der Waals surface area contributed by atoms with Gasteiger partial charge in [0.2, 0.25) is 0 Å². The predicted molar refractivity (Wildman–Crippen MR) is 114 cm³/mol. The summed E-state index contributed by atoms with van der Waals surface area (Å²) in [6.07, 6.45) is 3.37. The molecule has 3 aromatic heterocycles. The number of hydrogen-bond acceptors (Lipinski definition) is 7. The van der Waals surface area contributed by atoms with E-state index in [2.05, 4.69) is 34.8 Å². The lowest BCUT2D eigenvalue weighted by Gasteiger charge is -2.36. The van der Waals surface area contributed by atoms with E-state index < -0.39 is 17.9 Å². The molecule has 9 nitrogen and oxygen atoms in total. The smallest absolute Gasteiger partial charge is 0.387 e. The van der Waals surface area contributed by atoms with Crippen LogP contribution in [0.5, 0.6) is 5.75 Å². The van der Waals surface area contributed by atoms with Gasteiger partial charge in [-0.15, -0.1) is 0 Å². The average molecular weight is 444 g/mol. The van der Waals surface area contributed by atoms with Gasteiger partial charge in [-0.1, -0.05) is 0 Å². The van der Waals surface area contributed by atoms with Gasteiger partial charge in [-0.05, 0) is 23.8 Å². The van der Waals surface area contributed by atoms with Crippen LogP contribution in [0.4, 0.5) is 14.5 Å². The van der Waals surface area contributed by atoms with Gasteiger partial charge in [-0.2, -0.15) is 8.78 Å². The number of carbonyl (C=O) groups excluding carboxylic acids is 1. The Bertz CT molecular complexity index is 1160. The SMILES string of the molecule is CNC(=O)c1ccc(N2CCN(Cc3cnc4cc(OC(F)F)c(=O)[nH]c4c3)CC2)cn1. The second-order valence-electron chi connectivity index (χ2n) is 7.36. The highest BCUT2D eigenvalue weighted by atomic mass is 19.3. The Morgan fingerprint density at radius 2 is 1.97 bits per heavy atom. The maximum Gasteiger partial charge on any atom is 0.387 e. The number of alkyl halides is 2. The van der Waals surface area contributed by atoms with E-state index in [4.69, 9.17) is 0 Å². The van der Waals surface area contributed by atoms with Crippen LogP contribution in [0.15, 0.2) is 41.5 Å². The van der Waals surface area contributed by atoms with Crippen molar-refractivity contribution in [2.24, 2.45) is 0 Å². The van der Waals surface area contributed by atoms with Crippen LogP contribution in [0.3, 0.4) is 0 Å². The summed E-state index contributed by atoms with van der Waals surface area (Å²) in [6, 6.07) is 6.61. The summed E-state index contributed by atoms with van der Waals surface area (Å²) in [5, 5.41) is 2.55. The molecule has 0 aliphatic carbocycles. The Labute approximate surface area is 182 Å². The molecular formula is C21H22F2N6O3. The molecule has 4 rings (SSSR count). The van der Waals surface area contributed by atoms with Crippen molar-refractivity contribution in [1.29, 1.82) is 0 Å². The Morgan fingerprint density at radius 3 is 2.62 bits per heavy atom. The molecule has 0 radical (unpaired) electrons. The van der Waals surface area contributed by atoms with Crippen molar-refractivity contribution in [1.82, 2.24) is 25.2 Å². The van der Waals surface area contributed by atoms with Gasteiger partial charge < -0.3 is 19.9 Å². The third-order valence-electron chi connectivity index (χ3n) is 5.28. The molecular weight excluding hydrogens is 422 g/mol. The average Bonchev–Trinajstić information content (AvgIpc) is 2.79. The van der Waals surface area contributed by atoms with Crippen LogP contribution < -0.4 is 20.5 Å². The van der Waals surface area contributed by atoms with Crippen LogP contribution in [-0.2, 0) is 6.54 Å². The zero-order chi connectivity index (χ0) is 22.7. The monoisotopic (exact) mass is 444 g/mol. The van der Waals surface area contributed by atoms with Crippen LogP contribution in [0.1, 0.15) is 16.1 Å². The summed E-state index contributed by atoms with van der Waals surface area (Å²) in [6.45, 7) is 0.790. The molecule has 1 amide bonds. The number of piperazine rings is 1. The number of halogens is 2. The van der Waals surface area contributed by atoms with Gasteiger partial charge in [0.05, 0.1) is 22.9 Å². The van der Waals surface area contributed by atoms with Crippen molar-refractivity contribution in [2.75, 3.05) is 38.1 Å². The molecule has 3 aromatic rings. The molecule has 11 heteroatoms. The summed E-state index contributed by atoms with van der Waals surface area (Å²) < 4.78 is 29.0. The minimum atomic E-state index is -3.07. The number of nitrogens with one attached hydrogen (secondary N) is 2. The number of rotatable bonds is 6. The van der Waals surface area contributed by atoms with Gasteiger partial charge in [0.1, 0.15) is 5.69 Å². The van der Waals surface area contributed by atoms with E-state index in [-0.39, 0.29) is 5.91 Å². The molecule has 0 saturated carbocycles. The number of pyridine rings is 3. The largest absolute Gasteiger partial charge is 0.429 e. The van der Waals surface area contributed by atoms with Crippen LogP contribution in [0.2, 0.25) is 0 Å². The fraction of sp³-hybridized carbons (Fsp3) is 0.333. The second kappa shape index (κ2) is 9.27. The standard InChI is InChI=1S/C21H22F2N6O3/c1-24-19(30)15-3-2-14(11-26-15)29-6-4-28(5-7-29)12-13-8-17-16(25-10-13)9-18(20(31)27-17)32-21(22)23/h2-3,8-11,21H,4-7,12H2,1H3,(H,24,30)(H,27,31). The Kier molecular flexibility index (Phi) is 6.26. The third-order valence-corrected chi connectivity index (χ3v) is 5.28. The molecule has 4 heterocycles. The molecule has 0 spiro atoms. The first-order valence-corrected chi connectivity index (χ1v) is 10.0. The summed E-state index contributed by atoms with van der Waals surface area (Å²) in [5.74, 6) is -0.675. The number of nitrogens with zero attached hydrogens (tertiary/aromatic N) is 4. The highest BCUT2D eigenvalue weighted by molar-refractivity contribution is 5.92. The van der Waals surface area contributed by atoms with E-state index in [9.17, 15) is 18.4 Å². The fourth-order valence-corrected chi connectivity index (χ4v) is 3.64. The second-order valence-corrected chi connectivity index (χ2v) is 7.36. The first-order chi connectivity index (χ1) is 15.4. The quantitative estimate of drug-likeness (QED) is 0.595. The number of ether oxygens (including phenoxy) is 1. The molecule has 0 bridgehead atoms. The van der Waals surface area contributed by atoms with Crippen molar-refractivity contribution in [2.45, 2.75) is 13.2 Å². The number of aromatic nitrogens is 3. The maximum atomic E-state index is 12.4. The number of anilines is 1. The molecule has 1 aliphatic rings. The van der Waals surface area contributed by atoms with Crippen LogP contribution in [0, 0.1) is 0 Å². The first-order valence-electron chi connectivity index (χ1n) is 10.0. The number of H-pyrrole nitrogens is 1. The van der Waals surface area contributed by atoms with Crippen LogP contribution >= 0.6 is 0 Å². The van der Waals surface area contributed by atoms with Crippen LogP contribution in [-0.4, -0.2) is 65.6 Å². The number of aromatic amines is 1. The minimum absolute atomic E-state index is 0.218. The molecule has 32 heavy (non-hydrogen) atoms. The highest BCUT2D eigenvalue weighted by Crippen LogP contribution is 2.19. The maximum absolute atomic E-state index is 12.4. The Morgan fingerprint density at radius 1 is 1.19 bits per heavy atom. The van der Waals surface area contributed by atoms with Gasteiger partial charge in [0.25, 0.3) is 11.5 Å². The zero-order valence-corrected chi connectivity index (χ0v) is 17.3. The van der Waals surface area contributed by atoms with Crippen molar-refractivity contribution >= 4 is 22.6 Å². The van der Waals surface area contributed by atoms with E-state index in [0.29, 0.717) is 23.3 Å². The van der Waals surface area contributed by atoms with Gasteiger partial charge >= 0.3 is 6.61 Å². The van der Waals surface area contributed by atoms with Gasteiger partial charge in [0.15, 0.2) is 5.75 Å². The fourth-order valence-electron chi connectivity index (χ4n) is 3.64. The van der Waals surface area contributed by atoms with E-state index in [1.54, 1.807) is 31.6 Å². The Hall–Kier alpha value is -3.60. The molecule has 1 fully saturated rings. The van der Waals surface area contributed by atoms with Crippen molar-refractivity contribution in [3.63, 3.8) is 0 Å². The summed E-state index contributed by atoms with van der Waals surface area (Å²) in [4.78, 5) is 39.1. The minimum Gasteiger partial charge on any atom is -0.429 e. The summed E-state index contributed by atoms with van der Waals surface area (Å²) in [7, 11) is 1.57. The number of fused-ring (bicyclic) bond motifs is 1. The van der Waals surface area contributed by atoms with Crippen molar-refractivity contribution < 1.29 is 18.3 Å². The van der Waals surface area contributed by atoms with Crippen LogP contribution in [0.25, 0.3) is 11.0 Å². The Balaban J connectivity index is 1.38. The number of carbonyl (C=O) groups is 1. The highest BCUT2D eigenvalue weighted by Gasteiger charge is 2.19. The molecule has 1 saturated heterocycles. The molecule has 0 atom stereocenters. The summed E-state index contributed by atoms with van der Waals surface area (Å²) >= 11 is 0. The lowest BCUT2D eigenvalue weighted by Crippen LogP contribution is -2.46. The molecule has 1 aliphatic heterocycles. The molecule has 0 unspecified atom stereocenters. The lowest BCUT2D eigenvalue weighted by atomic mass is 10.2. The summed E-state index contributed by atoms with van der Waals surface area (Å²) in [5.41, 5.74) is 2.37. The predicted octanol–water partition coefficient (Wildman–Crippen LogP) is 1.60. The van der Waals surface area contributed by atoms with Gasteiger partial charge in [-0.3, -0.25) is 19.5 Å². The van der Waals surface area contributed by atoms with E-state index in [1.807, 2.05) is 6.07 Å². The zero-order valence-electron chi connectivity index (χ0n) is 17.3. The van der Waals surface area contributed by atoms with Crippen molar-refractivity contribution in [3.05, 3.63) is 58.3 Å². The number of hydrogen-bond donors (Lipinski definition) is 2. The molecule has 2 N–H and O–H groups in total. The van der Waals surface area contributed by atoms with E-state index in [1.165, 1.54) is 6.07 Å². The molecule has 168 valence electrons.